The first-order valence-electron chi connectivity index (χ1n) is 7.47. The Balaban J connectivity index is 2.73. The molecule has 0 radical (unpaired) electrons. The number of pyridine rings is 1. The van der Waals surface area contributed by atoms with Crippen LogP contribution in [-0.2, 0) is 10.8 Å². The predicted molar refractivity (Wildman–Crippen MR) is 86.6 cm³/mol. The monoisotopic (exact) mass is 286 g/mol. The minimum atomic E-state index is -0.0350. The fourth-order valence-corrected chi connectivity index (χ4v) is 2.52. The SMILES string of the molecule is Cc1noc(C)c1-c1ccc(C(C)(C)C)nc1C(C)(C)C. The van der Waals surface area contributed by atoms with Crippen LogP contribution in [0.4, 0.5) is 0 Å². The van der Waals surface area contributed by atoms with Gasteiger partial charge in [-0.15, -0.1) is 0 Å². The normalized spacial score (nSPS) is 12.8. The van der Waals surface area contributed by atoms with Gasteiger partial charge in [0, 0.05) is 27.7 Å². The van der Waals surface area contributed by atoms with Crippen LogP contribution in [0.5, 0.6) is 0 Å². The third-order valence-electron chi connectivity index (χ3n) is 3.68. The van der Waals surface area contributed by atoms with Crippen LogP contribution in [0, 0.1) is 13.8 Å². The van der Waals surface area contributed by atoms with Gasteiger partial charge in [-0.05, 0) is 19.9 Å². The fraction of sp³-hybridized carbons (Fsp3) is 0.556. The van der Waals surface area contributed by atoms with E-state index in [1.165, 1.54) is 0 Å². The molecule has 0 aliphatic rings. The molecule has 0 aliphatic carbocycles. The number of aromatic nitrogens is 2. The molecule has 0 aromatic carbocycles. The van der Waals surface area contributed by atoms with Crippen molar-refractivity contribution in [1.82, 2.24) is 10.1 Å². The van der Waals surface area contributed by atoms with Crippen molar-refractivity contribution in [1.29, 1.82) is 0 Å². The Morgan fingerprint density at radius 1 is 0.905 bits per heavy atom. The molecule has 0 fully saturated rings. The maximum absolute atomic E-state index is 5.34. The first-order valence-corrected chi connectivity index (χ1v) is 7.47. The van der Waals surface area contributed by atoms with E-state index in [1.807, 2.05) is 13.8 Å². The molecular weight excluding hydrogens is 260 g/mol. The quantitative estimate of drug-likeness (QED) is 0.744. The zero-order valence-electron chi connectivity index (χ0n) is 14.5. The van der Waals surface area contributed by atoms with E-state index in [2.05, 4.69) is 58.8 Å². The first-order chi connectivity index (χ1) is 9.51. The minimum absolute atomic E-state index is 0.0350. The van der Waals surface area contributed by atoms with Crippen molar-refractivity contribution >= 4 is 0 Å². The van der Waals surface area contributed by atoms with Gasteiger partial charge < -0.3 is 4.52 Å². The summed E-state index contributed by atoms with van der Waals surface area (Å²) < 4.78 is 5.34. The highest BCUT2D eigenvalue weighted by atomic mass is 16.5. The number of aryl methyl sites for hydroxylation is 2. The Labute approximate surface area is 127 Å². The summed E-state index contributed by atoms with van der Waals surface area (Å²) >= 11 is 0. The van der Waals surface area contributed by atoms with E-state index in [0.29, 0.717) is 0 Å². The molecule has 0 bridgehead atoms. The molecule has 0 atom stereocenters. The second kappa shape index (κ2) is 4.97. The maximum atomic E-state index is 5.34. The van der Waals surface area contributed by atoms with Gasteiger partial charge in [0.2, 0.25) is 0 Å². The molecule has 0 aliphatic heterocycles. The largest absolute Gasteiger partial charge is 0.361 e. The Morgan fingerprint density at radius 3 is 1.95 bits per heavy atom. The van der Waals surface area contributed by atoms with Crippen LogP contribution in [0.3, 0.4) is 0 Å². The molecule has 2 heterocycles. The molecule has 0 saturated heterocycles. The number of rotatable bonds is 1. The van der Waals surface area contributed by atoms with Gasteiger partial charge in [-0.25, -0.2) is 0 Å². The second-order valence-electron chi connectivity index (χ2n) is 7.79. The summed E-state index contributed by atoms with van der Waals surface area (Å²) in [6.07, 6.45) is 0. The second-order valence-corrected chi connectivity index (χ2v) is 7.79. The predicted octanol–water partition coefficient (Wildman–Crippen LogP) is 4.95. The molecule has 0 spiro atoms. The van der Waals surface area contributed by atoms with E-state index in [-0.39, 0.29) is 10.8 Å². The van der Waals surface area contributed by atoms with Gasteiger partial charge in [-0.2, -0.15) is 0 Å². The van der Waals surface area contributed by atoms with E-state index >= 15 is 0 Å². The zero-order valence-corrected chi connectivity index (χ0v) is 14.5. The van der Waals surface area contributed by atoms with Crippen LogP contribution in [0.2, 0.25) is 0 Å². The lowest BCUT2D eigenvalue weighted by atomic mass is 9.83. The Hall–Kier alpha value is -1.64. The summed E-state index contributed by atoms with van der Waals surface area (Å²) in [7, 11) is 0. The van der Waals surface area contributed by atoms with Crippen LogP contribution in [-0.4, -0.2) is 10.1 Å². The summed E-state index contributed by atoms with van der Waals surface area (Å²) in [6.45, 7) is 17.1. The molecule has 0 N–H and O–H groups in total. The van der Waals surface area contributed by atoms with Crippen LogP contribution in [0.1, 0.15) is 64.4 Å². The molecule has 2 aromatic rings. The van der Waals surface area contributed by atoms with Gasteiger partial charge in [0.1, 0.15) is 5.76 Å². The van der Waals surface area contributed by atoms with Gasteiger partial charge in [0.25, 0.3) is 0 Å². The molecule has 0 saturated carbocycles. The molecule has 3 nitrogen and oxygen atoms in total. The average molecular weight is 286 g/mol. The standard InChI is InChI=1S/C18H26N2O/c1-11-15(12(2)21-20-11)13-9-10-14(17(3,4)5)19-16(13)18(6,7)8/h9-10H,1-8H3. The lowest BCUT2D eigenvalue weighted by Crippen LogP contribution is -2.21. The van der Waals surface area contributed by atoms with Gasteiger partial charge in [-0.1, -0.05) is 52.8 Å². The third-order valence-corrected chi connectivity index (χ3v) is 3.68. The van der Waals surface area contributed by atoms with Crippen LogP contribution < -0.4 is 0 Å². The molecular formula is C18H26N2O. The van der Waals surface area contributed by atoms with Gasteiger partial charge in [-0.3, -0.25) is 4.98 Å². The van der Waals surface area contributed by atoms with Gasteiger partial charge >= 0.3 is 0 Å². The number of hydrogen-bond acceptors (Lipinski definition) is 3. The molecule has 21 heavy (non-hydrogen) atoms. The minimum Gasteiger partial charge on any atom is -0.361 e. The van der Waals surface area contributed by atoms with E-state index in [0.717, 1.165) is 34.0 Å². The fourth-order valence-electron chi connectivity index (χ4n) is 2.52. The summed E-state index contributed by atoms with van der Waals surface area (Å²) in [6, 6.07) is 4.29. The summed E-state index contributed by atoms with van der Waals surface area (Å²) in [5, 5.41) is 4.08. The molecule has 0 amide bonds. The van der Waals surface area contributed by atoms with Crippen molar-refractivity contribution in [3.63, 3.8) is 0 Å². The maximum Gasteiger partial charge on any atom is 0.141 e. The number of nitrogens with zero attached hydrogens (tertiary/aromatic N) is 2. The Morgan fingerprint density at radius 2 is 1.52 bits per heavy atom. The average Bonchev–Trinajstić information content (AvgIpc) is 2.66. The highest BCUT2D eigenvalue weighted by molar-refractivity contribution is 5.71. The third kappa shape index (κ3) is 3.02. The molecule has 0 unspecified atom stereocenters. The smallest absolute Gasteiger partial charge is 0.141 e. The number of hydrogen-bond donors (Lipinski definition) is 0. The van der Waals surface area contributed by atoms with Crippen LogP contribution in [0.25, 0.3) is 11.1 Å². The van der Waals surface area contributed by atoms with Crippen molar-refractivity contribution in [2.45, 2.75) is 66.2 Å². The first kappa shape index (κ1) is 15.7. The zero-order chi connectivity index (χ0) is 16.0. The van der Waals surface area contributed by atoms with Crippen LogP contribution >= 0.6 is 0 Å². The van der Waals surface area contributed by atoms with E-state index in [1.54, 1.807) is 0 Å². The van der Waals surface area contributed by atoms with Crippen molar-refractivity contribution < 1.29 is 4.52 Å². The van der Waals surface area contributed by atoms with E-state index in [4.69, 9.17) is 9.51 Å². The Bertz CT molecular complexity index is 635. The molecule has 2 aromatic heterocycles. The van der Waals surface area contributed by atoms with E-state index < -0.39 is 0 Å². The molecule has 3 heteroatoms. The molecule has 114 valence electrons. The van der Waals surface area contributed by atoms with Crippen molar-refractivity contribution in [2.75, 3.05) is 0 Å². The lowest BCUT2D eigenvalue weighted by molar-refractivity contribution is 0.393. The van der Waals surface area contributed by atoms with Crippen LogP contribution in [0.15, 0.2) is 16.7 Å². The van der Waals surface area contributed by atoms with Crippen molar-refractivity contribution in [2.24, 2.45) is 0 Å². The lowest BCUT2D eigenvalue weighted by Gasteiger charge is -2.26. The highest BCUT2D eigenvalue weighted by Gasteiger charge is 2.26. The summed E-state index contributed by atoms with van der Waals surface area (Å²) in [5.74, 6) is 0.850. The summed E-state index contributed by atoms with van der Waals surface area (Å²) in [5.41, 5.74) is 5.35. The van der Waals surface area contributed by atoms with E-state index in [9.17, 15) is 0 Å². The van der Waals surface area contributed by atoms with Gasteiger partial charge in [0.05, 0.1) is 11.4 Å². The van der Waals surface area contributed by atoms with Gasteiger partial charge in [0.15, 0.2) is 0 Å². The Kier molecular flexibility index (Phi) is 3.73. The van der Waals surface area contributed by atoms with Crippen molar-refractivity contribution in [3.05, 3.63) is 35.0 Å². The van der Waals surface area contributed by atoms with Crippen molar-refractivity contribution in [3.8, 4) is 11.1 Å². The highest BCUT2D eigenvalue weighted by Crippen LogP contribution is 2.36. The molecule has 2 rings (SSSR count). The topological polar surface area (TPSA) is 38.9 Å². The summed E-state index contributed by atoms with van der Waals surface area (Å²) in [4.78, 5) is 4.98.